The minimum atomic E-state index is -0.147. The average Bonchev–Trinajstić information content (AvgIpc) is 2.64. The van der Waals surface area contributed by atoms with E-state index in [1.807, 2.05) is 25.8 Å². The Hall–Kier alpha value is -1.10. The highest BCUT2D eigenvalue weighted by Crippen LogP contribution is 2.14. The van der Waals surface area contributed by atoms with Gasteiger partial charge in [0.05, 0.1) is 6.04 Å². The molecule has 1 aromatic rings. The summed E-state index contributed by atoms with van der Waals surface area (Å²) < 4.78 is 5.01. The van der Waals surface area contributed by atoms with Crippen LogP contribution in [0, 0.1) is 0 Å². The summed E-state index contributed by atoms with van der Waals surface area (Å²) in [4.78, 5) is 6.07. The molecule has 5 nitrogen and oxygen atoms in total. The first-order valence-corrected chi connectivity index (χ1v) is 4.49. The summed E-state index contributed by atoms with van der Waals surface area (Å²) >= 11 is 0. The Kier molecular flexibility index (Phi) is 3.25. The van der Waals surface area contributed by atoms with Gasteiger partial charge in [-0.1, -0.05) is 6.92 Å². The largest absolute Gasteiger partial charge is 0.342 e. The predicted molar refractivity (Wildman–Crippen MR) is 50.5 cm³/mol. The van der Waals surface area contributed by atoms with E-state index in [0.29, 0.717) is 11.8 Å². The molecular formula is C8H16N4O. The van der Waals surface area contributed by atoms with Gasteiger partial charge in [-0.2, -0.15) is 4.98 Å². The van der Waals surface area contributed by atoms with Crippen LogP contribution in [0.3, 0.4) is 0 Å². The molecule has 1 aromatic heterocycles. The molecule has 0 unspecified atom stereocenters. The number of rotatable bonds is 4. The zero-order chi connectivity index (χ0) is 9.84. The monoisotopic (exact) mass is 184 g/mol. The lowest BCUT2D eigenvalue weighted by atomic mass is 10.2. The van der Waals surface area contributed by atoms with Crippen LogP contribution in [0.1, 0.15) is 32.2 Å². The van der Waals surface area contributed by atoms with Gasteiger partial charge in [0.2, 0.25) is 5.89 Å². The summed E-state index contributed by atoms with van der Waals surface area (Å²) in [5.74, 6) is 1.11. The molecule has 1 rings (SSSR count). The number of hydrogen-bond acceptors (Lipinski definition) is 5. The maximum Gasteiger partial charge on any atom is 0.265 e. The Morgan fingerprint density at radius 2 is 2.23 bits per heavy atom. The van der Waals surface area contributed by atoms with E-state index >= 15 is 0 Å². The van der Waals surface area contributed by atoms with E-state index in [2.05, 4.69) is 10.1 Å². The first-order valence-electron chi connectivity index (χ1n) is 4.49. The van der Waals surface area contributed by atoms with Crippen LogP contribution in [-0.2, 0) is 0 Å². The fourth-order valence-electron chi connectivity index (χ4n) is 0.849. The van der Waals surface area contributed by atoms with Gasteiger partial charge in [0, 0.05) is 13.6 Å². The van der Waals surface area contributed by atoms with Gasteiger partial charge in [-0.05, 0) is 18.5 Å². The summed E-state index contributed by atoms with van der Waals surface area (Å²) in [5.41, 5.74) is 5.73. The van der Waals surface area contributed by atoms with E-state index in [0.717, 1.165) is 13.0 Å². The van der Waals surface area contributed by atoms with E-state index < -0.39 is 0 Å². The summed E-state index contributed by atoms with van der Waals surface area (Å²) in [6, 6.07) is -0.147. The van der Waals surface area contributed by atoms with E-state index in [1.54, 1.807) is 0 Å². The topological polar surface area (TPSA) is 68.2 Å². The molecule has 13 heavy (non-hydrogen) atoms. The molecule has 0 aliphatic heterocycles. The maximum absolute atomic E-state index is 5.73. The van der Waals surface area contributed by atoms with Gasteiger partial charge in [0.25, 0.3) is 5.95 Å². The van der Waals surface area contributed by atoms with Crippen molar-refractivity contribution in [3.05, 3.63) is 5.89 Å². The van der Waals surface area contributed by atoms with Crippen molar-refractivity contribution in [1.29, 1.82) is 0 Å². The first-order chi connectivity index (χ1) is 6.19. The van der Waals surface area contributed by atoms with Crippen molar-refractivity contribution < 1.29 is 4.52 Å². The SMILES string of the molecule is CC[C@H](N)c1nc(N(C)CC)no1. The van der Waals surface area contributed by atoms with Crippen LogP contribution in [0.15, 0.2) is 4.52 Å². The van der Waals surface area contributed by atoms with Gasteiger partial charge in [-0.15, -0.1) is 0 Å². The standard InChI is InChI=1S/C8H16N4O/c1-4-6(9)7-10-8(11-13-7)12(3)5-2/h6H,4-5,9H2,1-3H3/t6-/m0/s1. The van der Waals surface area contributed by atoms with Crippen molar-refractivity contribution in [3.63, 3.8) is 0 Å². The van der Waals surface area contributed by atoms with Crippen molar-refractivity contribution in [2.75, 3.05) is 18.5 Å². The number of nitrogens with two attached hydrogens (primary N) is 1. The smallest absolute Gasteiger partial charge is 0.265 e. The molecule has 0 aromatic carbocycles. The Labute approximate surface area is 77.9 Å². The lowest BCUT2D eigenvalue weighted by Crippen LogP contribution is -2.17. The van der Waals surface area contributed by atoms with Crippen molar-refractivity contribution in [2.24, 2.45) is 5.73 Å². The zero-order valence-electron chi connectivity index (χ0n) is 8.32. The van der Waals surface area contributed by atoms with E-state index in [4.69, 9.17) is 10.3 Å². The molecular weight excluding hydrogens is 168 g/mol. The molecule has 0 bridgehead atoms. The van der Waals surface area contributed by atoms with Gasteiger partial charge in [0.15, 0.2) is 0 Å². The molecule has 0 saturated carbocycles. The lowest BCUT2D eigenvalue weighted by Gasteiger charge is -2.08. The molecule has 1 heterocycles. The second-order valence-electron chi connectivity index (χ2n) is 2.96. The van der Waals surface area contributed by atoms with Crippen LogP contribution in [0.2, 0.25) is 0 Å². The van der Waals surface area contributed by atoms with Gasteiger partial charge < -0.3 is 15.2 Å². The minimum absolute atomic E-state index is 0.147. The molecule has 5 heteroatoms. The van der Waals surface area contributed by atoms with Gasteiger partial charge in [-0.3, -0.25) is 0 Å². The molecule has 0 amide bonds. The van der Waals surface area contributed by atoms with Crippen LogP contribution in [-0.4, -0.2) is 23.7 Å². The van der Waals surface area contributed by atoms with Crippen LogP contribution < -0.4 is 10.6 Å². The third-order valence-electron chi connectivity index (χ3n) is 2.00. The maximum atomic E-state index is 5.73. The second kappa shape index (κ2) is 4.23. The molecule has 74 valence electrons. The molecule has 0 fully saturated rings. The molecule has 0 radical (unpaired) electrons. The molecule has 0 aliphatic carbocycles. The third-order valence-corrected chi connectivity index (χ3v) is 2.00. The minimum Gasteiger partial charge on any atom is -0.342 e. The van der Waals surface area contributed by atoms with E-state index in [1.165, 1.54) is 0 Å². The highest BCUT2D eigenvalue weighted by atomic mass is 16.5. The van der Waals surface area contributed by atoms with Crippen LogP contribution in [0.4, 0.5) is 5.95 Å². The number of hydrogen-bond donors (Lipinski definition) is 1. The summed E-state index contributed by atoms with van der Waals surface area (Å²) in [5, 5.41) is 3.82. The second-order valence-corrected chi connectivity index (χ2v) is 2.96. The first kappa shape index (κ1) is 9.98. The summed E-state index contributed by atoms with van der Waals surface area (Å²) in [6.45, 7) is 4.86. The quantitative estimate of drug-likeness (QED) is 0.754. The third kappa shape index (κ3) is 2.18. The van der Waals surface area contributed by atoms with E-state index in [-0.39, 0.29) is 6.04 Å². The van der Waals surface area contributed by atoms with Crippen LogP contribution in [0.5, 0.6) is 0 Å². The van der Waals surface area contributed by atoms with Gasteiger partial charge >= 0.3 is 0 Å². The average molecular weight is 184 g/mol. The normalized spacial score (nSPS) is 12.9. The number of anilines is 1. The zero-order valence-corrected chi connectivity index (χ0v) is 8.32. The van der Waals surface area contributed by atoms with Crippen molar-refractivity contribution >= 4 is 5.95 Å². The molecule has 0 aliphatic rings. The summed E-state index contributed by atoms with van der Waals surface area (Å²) in [7, 11) is 1.91. The Morgan fingerprint density at radius 3 is 2.77 bits per heavy atom. The number of aromatic nitrogens is 2. The highest BCUT2D eigenvalue weighted by Gasteiger charge is 2.13. The van der Waals surface area contributed by atoms with E-state index in [9.17, 15) is 0 Å². The predicted octanol–water partition coefficient (Wildman–Crippen LogP) is 0.936. The molecule has 2 N–H and O–H groups in total. The van der Waals surface area contributed by atoms with Gasteiger partial charge in [0.1, 0.15) is 0 Å². The Bertz CT molecular complexity index is 236. The van der Waals surface area contributed by atoms with Gasteiger partial charge in [-0.25, -0.2) is 0 Å². The Balaban J connectivity index is 2.74. The Morgan fingerprint density at radius 1 is 1.54 bits per heavy atom. The van der Waals surface area contributed by atoms with Crippen molar-refractivity contribution in [1.82, 2.24) is 10.1 Å². The fourth-order valence-corrected chi connectivity index (χ4v) is 0.849. The van der Waals surface area contributed by atoms with Crippen LogP contribution in [0.25, 0.3) is 0 Å². The molecule has 1 atom stereocenters. The van der Waals surface area contributed by atoms with Crippen molar-refractivity contribution in [2.45, 2.75) is 26.3 Å². The molecule has 0 saturated heterocycles. The van der Waals surface area contributed by atoms with Crippen LogP contribution >= 0.6 is 0 Å². The lowest BCUT2D eigenvalue weighted by molar-refractivity contribution is 0.351. The summed E-state index contributed by atoms with van der Waals surface area (Å²) in [6.07, 6.45) is 0.803. The number of nitrogens with zero attached hydrogens (tertiary/aromatic N) is 3. The fraction of sp³-hybridized carbons (Fsp3) is 0.750. The van der Waals surface area contributed by atoms with Crippen molar-refractivity contribution in [3.8, 4) is 0 Å². The molecule has 0 spiro atoms. The highest BCUT2D eigenvalue weighted by molar-refractivity contribution is 5.25.